The monoisotopic (exact) mass is 134 g/mol. The molecule has 0 N–H and O–H groups in total. The van der Waals surface area contributed by atoms with E-state index in [1.165, 1.54) is 0 Å². The number of hydrogen-bond acceptors (Lipinski definition) is 2. The van der Waals surface area contributed by atoms with Crippen LogP contribution in [0.15, 0.2) is 29.4 Å². The number of amidine groups is 1. The van der Waals surface area contributed by atoms with Crippen LogP contribution in [0, 0.1) is 0 Å². The first-order valence-corrected chi connectivity index (χ1v) is 3.09. The number of aliphatic imine (C=N–C) groups is 1. The van der Waals surface area contributed by atoms with Crippen molar-refractivity contribution in [3.63, 3.8) is 0 Å². The van der Waals surface area contributed by atoms with Gasteiger partial charge in [-0.25, -0.2) is 0 Å². The van der Waals surface area contributed by atoms with Gasteiger partial charge in [0.1, 0.15) is 12.4 Å². The Morgan fingerprint density at radius 1 is 1.50 bits per heavy atom. The normalized spacial score (nSPS) is 21.4. The molecule has 0 fully saturated rings. The molecule has 0 atom stereocenters. The van der Waals surface area contributed by atoms with Gasteiger partial charge in [0.25, 0.3) is 5.91 Å². The molecule has 0 aliphatic carbocycles. The summed E-state index contributed by atoms with van der Waals surface area (Å²) in [5.74, 6) is 0.808. The minimum Gasteiger partial charge on any atom is -0.272 e. The molecule has 0 aromatic heterocycles. The highest BCUT2D eigenvalue weighted by Gasteiger charge is 2.21. The largest absolute Gasteiger partial charge is 0.272 e. The van der Waals surface area contributed by atoms with Crippen molar-refractivity contribution in [1.29, 1.82) is 0 Å². The number of carbonyl (C=O) groups excluding carboxylic acids is 1. The number of fused-ring (bicyclic) bond motifs is 1. The molecule has 0 aromatic carbocycles. The number of allylic oxidation sites excluding steroid dienone is 2. The summed E-state index contributed by atoms with van der Waals surface area (Å²) in [4.78, 5) is 16.5. The van der Waals surface area contributed by atoms with Crippen molar-refractivity contribution >= 4 is 11.7 Å². The molecule has 0 unspecified atom stereocenters. The van der Waals surface area contributed by atoms with Crippen LogP contribution in [0.3, 0.4) is 0 Å². The van der Waals surface area contributed by atoms with Gasteiger partial charge in [0.15, 0.2) is 0 Å². The third-order valence-electron chi connectivity index (χ3n) is 1.48. The van der Waals surface area contributed by atoms with Crippen LogP contribution in [0.2, 0.25) is 0 Å². The maximum Gasteiger partial charge on any atom is 0.253 e. The van der Waals surface area contributed by atoms with Gasteiger partial charge in [0.05, 0.1) is 0 Å². The van der Waals surface area contributed by atoms with Crippen molar-refractivity contribution in [1.82, 2.24) is 4.90 Å². The highest BCUT2D eigenvalue weighted by molar-refractivity contribution is 6.10. The van der Waals surface area contributed by atoms with Crippen molar-refractivity contribution in [2.45, 2.75) is 0 Å². The van der Waals surface area contributed by atoms with Crippen LogP contribution in [-0.4, -0.2) is 23.2 Å². The van der Waals surface area contributed by atoms with Crippen molar-refractivity contribution in [3.05, 3.63) is 24.4 Å². The second-order valence-corrected chi connectivity index (χ2v) is 2.14. The summed E-state index contributed by atoms with van der Waals surface area (Å²) < 4.78 is 0. The Bertz CT molecular complexity index is 263. The molecule has 0 radical (unpaired) electrons. The molecule has 0 aromatic rings. The Balaban J connectivity index is 2.39. The number of nitrogens with zero attached hydrogens (tertiary/aromatic N) is 2. The van der Waals surface area contributed by atoms with Gasteiger partial charge in [0, 0.05) is 6.20 Å². The number of hydrogen-bond donors (Lipinski definition) is 0. The standard InChI is InChI=1S/C7H6N2O/c10-7-5-8-6-3-1-2-4-9(6)7/h1-4H,5H2. The summed E-state index contributed by atoms with van der Waals surface area (Å²) in [5.41, 5.74) is 0. The maximum atomic E-state index is 10.9. The van der Waals surface area contributed by atoms with Crippen molar-refractivity contribution < 1.29 is 4.79 Å². The first-order valence-electron chi connectivity index (χ1n) is 3.09. The number of carbonyl (C=O) groups is 1. The number of rotatable bonds is 0. The summed E-state index contributed by atoms with van der Waals surface area (Å²) in [6, 6.07) is 0. The van der Waals surface area contributed by atoms with Crippen LogP contribution in [0.1, 0.15) is 0 Å². The Morgan fingerprint density at radius 3 is 3.20 bits per heavy atom. The third kappa shape index (κ3) is 0.603. The van der Waals surface area contributed by atoms with Gasteiger partial charge in [-0.05, 0) is 12.2 Å². The van der Waals surface area contributed by atoms with E-state index in [-0.39, 0.29) is 5.91 Å². The zero-order chi connectivity index (χ0) is 6.97. The topological polar surface area (TPSA) is 32.7 Å². The molecule has 0 spiro atoms. The van der Waals surface area contributed by atoms with Gasteiger partial charge < -0.3 is 0 Å². The van der Waals surface area contributed by atoms with E-state index < -0.39 is 0 Å². The van der Waals surface area contributed by atoms with E-state index in [0.717, 1.165) is 5.84 Å². The highest BCUT2D eigenvalue weighted by Crippen LogP contribution is 2.08. The molecule has 2 aliphatic rings. The van der Waals surface area contributed by atoms with Crippen molar-refractivity contribution in [3.8, 4) is 0 Å². The Labute approximate surface area is 58.4 Å². The summed E-state index contributed by atoms with van der Waals surface area (Å²) in [6.07, 6.45) is 7.25. The SMILES string of the molecule is O=C1CN=C2C=CC=CN12. The molecule has 2 heterocycles. The average Bonchev–Trinajstić information content (AvgIpc) is 2.34. The van der Waals surface area contributed by atoms with Gasteiger partial charge in [-0.3, -0.25) is 14.7 Å². The van der Waals surface area contributed by atoms with E-state index in [1.807, 2.05) is 18.2 Å². The molecule has 0 saturated carbocycles. The molecule has 10 heavy (non-hydrogen) atoms. The summed E-state index contributed by atoms with van der Waals surface area (Å²) in [6.45, 7) is 0.296. The lowest BCUT2D eigenvalue weighted by molar-refractivity contribution is -0.123. The predicted molar refractivity (Wildman–Crippen MR) is 37.4 cm³/mol. The zero-order valence-corrected chi connectivity index (χ0v) is 5.32. The zero-order valence-electron chi connectivity index (χ0n) is 5.32. The molecule has 0 bridgehead atoms. The lowest BCUT2D eigenvalue weighted by Crippen LogP contribution is -2.26. The average molecular weight is 134 g/mol. The van der Waals surface area contributed by atoms with Crippen LogP contribution >= 0.6 is 0 Å². The molecule has 3 heteroatoms. The third-order valence-corrected chi connectivity index (χ3v) is 1.48. The Kier molecular flexibility index (Phi) is 0.974. The second kappa shape index (κ2) is 1.80. The van der Waals surface area contributed by atoms with E-state index in [4.69, 9.17) is 0 Å². The lowest BCUT2D eigenvalue weighted by atomic mass is 10.3. The van der Waals surface area contributed by atoms with Gasteiger partial charge in [-0.2, -0.15) is 0 Å². The van der Waals surface area contributed by atoms with E-state index in [2.05, 4.69) is 4.99 Å². The quantitative estimate of drug-likeness (QED) is 0.469. The van der Waals surface area contributed by atoms with Crippen molar-refractivity contribution in [2.24, 2.45) is 4.99 Å². The molecular weight excluding hydrogens is 128 g/mol. The molecule has 3 nitrogen and oxygen atoms in total. The minimum atomic E-state index is 0.0515. The predicted octanol–water partition coefficient (Wildman–Crippen LogP) is 0.311. The Morgan fingerprint density at radius 2 is 2.40 bits per heavy atom. The van der Waals surface area contributed by atoms with Gasteiger partial charge in [-0.1, -0.05) is 6.08 Å². The van der Waals surface area contributed by atoms with E-state index in [0.29, 0.717) is 6.54 Å². The highest BCUT2D eigenvalue weighted by atomic mass is 16.2. The van der Waals surface area contributed by atoms with Crippen LogP contribution in [0.4, 0.5) is 0 Å². The first kappa shape index (κ1) is 5.41. The van der Waals surface area contributed by atoms with Gasteiger partial charge in [-0.15, -0.1) is 0 Å². The van der Waals surface area contributed by atoms with E-state index in [9.17, 15) is 4.79 Å². The fourth-order valence-corrected chi connectivity index (χ4v) is 0.999. The fraction of sp³-hybridized carbons (Fsp3) is 0.143. The second-order valence-electron chi connectivity index (χ2n) is 2.14. The molecule has 2 aliphatic heterocycles. The summed E-state index contributed by atoms with van der Waals surface area (Å²) in [5, 5.41) is 0. The van der Waals surface area contributed by atoms with Gasteiger partial charge in [0.2, 0.25) is 0 Å². The molecular formula is C7H6N2O. The Hall–Kier alpha value is -1.38. The molecule has 1 amide bonds. The molecule has 50 valence electrons. The van der Waals surface area contributed by atoms with Crippen LogP contribution in [0.25, 0.3) is 0 Å². The van der Waals surface area contributed by atoms with Crippen LogP contribution < -0.4 is 0 Å². The maximum absolute atomic E-state index is 10.9. The minimum absolute atomic E-state index is 0.0515. The van der Waals surface area contributed by atoms with E-state index >= 15 is 0 Å². The first-order chi connectivity index (χ1) is 4.88. The van der Waals surface area contributed by atoms with Crippen LogP contribution in [0.5, 0.6) is 0 Å². The molecule has 2 rings (SSSR count). The lowest BCUT2D eigenvalue weighted by Gasteiger charge is -2.11. The van der Waals surface area contributed by atoms with Crippen molar-refractivity contribution in [2.75, 3.05) is 6.54 Å². The molecule has 0 saturated heterocycles. The van der Waals surface area contributed by atoms with Crippen LogP contribution in [-0.2, 0) is 4.79 Å². The number of amides is 1. The summed E-state index contributed by atoms with van der Waals surface area (Å²) >= 11 is 0. The smallest absolute Gasteiger partial charge is 0.253 e. The fourth-order valence-electron chi connectivity index (χ4n) is 0.999. The van der Waals surface area contributed by atoms with Gasteiger partial charge >= 0.3 is 0 Å². The summed E-state index contributed by atoms with van der Waals surface area (Å²) in [7, 11) is 0. The van der Waals surface area contributed by atoms with E-state index in [1.54, 1.807) is 11.1 Å².